The van der Waals surface area contributed by atoms with Crippen LogP contribution in [-0.2, 0) is 4.79 Å². The molecule has 1 amide bonds. The maximum absolute atomic E-state index is 12.1. The number of nitrogens with one attached hydrogen (secondary N) is 1. The molecule has 0 radical (unpaired) electrons. The van der Waals surface area contributed by atoms with Crippen molar-refractivity contribution in [2.75, 3.05) is 6.61 Å². The van der Waals surface area contributed by atoms with E-state index in [1.807, 2.05) is 30.3 Å². The lowest BCUT2D eigenvalue weighted by atomic mass is 9.96. The van der Waals surface area contributed by atoms with Gasteiger partial charge in [0.05, 0.1) is 12.6 Å². The van der Waals surface area contributed by atoms with Crippen molar-refractivity contribution in [2.45, 2.75) is 51.0 Å². The molecular formula is C17H25NO2. The standard InChI is InChI=1S/C17H25NO2/c19-13-16(15-10-6-3-7-11-15)18-17(20)12-14-8-4-1-2-5-9-14/h3,6-7,10-11,14,16,19H,1-2,4-5,8-9,12-13H2,(H,18,20)/t16-/m0/s1. The predicted octanol–water partition coefficient (Wildman–Crippen LogP) is 3.20. The number of benzene rings is 1. The lowest BCUT2D eigenvalue weighted by Gasteiger charge is -2.19. The molecule has 1 saturated carbocycles. The number of rotatable bonds is 5. The van der Waals surface area contributed by atoms with Gasteiger partial charge in [-0.3, -0.25) is 4.79 Å². The van der Waals surface area contributed by atoms with Crippen molar-refractivity contribution in [1.29, 1.82) is 0 Å². The molecule has 0 bridgehead atoms. The number of hydrogen-bond acceptors (Lipinski definition) is 2. The fraction of sp³-hybridized carbons (Fsp3) is 0.588. The fourth-order valence-electron chi connectivity index (χ4n) is 3.00. The van der Waals surface area contributed by atoms with E-state index in [1.54, 1.807) is 0 Å². The van der Waals surface area contributed by atoms with Crippen molar-refractivity contribution in [3.05, 3.63) is 35.9 Å². The molecule has 2 rings (SSSR count). The molecule has 110 valence electrons. The summed E-state index contributed by atoms with van der Waals surface area (Å²) in [7, 11) is 0. The SMILES string of the molecule is O=C(CC1CCCCCC1)N[C@@H](CO)c1ccccc1. The summed E-state index contributed by atoms with van der Waals surface area (Å²) in [6.45, 7) is -0.0551. The third-order valence-electron chi connectivity index (χ3n) is 4.17. The highest BCUT2D eigenvalue weighted by Gasteiger charge is 2.18. The Morgan fingerprint density at radius 3 is 2.40 bits per heavy atom. The number of amides is 1. The van der Waals surface area contributed by atoms with Gasteiger partial charge in [-0.05, 0) is 24.3 Å². The van der Waals surface area contributed by atoms with Crippen molar-refractivity contribution in [3.8, 4) is 0 Å². The molecule has 0 saturated heterocycles. The molecule has 1 aromatic rings. The number of aliphatic hydroxyl groups is 1. The van der Waals surface area contributed by atoms with E-state index in [1.165, 1.54) is 38.5 Å². The van der Waals surface area contributed by atoms with Gasteiger partial charge >= 0.3 is 0 Å². The molecule has 1 aliphatic carbocycles. The van der Waals surface area contributed by atoms with E-state index in [2.05, 4.69) is 5.32 Å². The van der Waals surface area contributed by atoms with Gasteiger partial charge in [0.15, 0.2) is 0 Å². The van der Waals surface area contributed by atoms with E-state index in [9.17, 15) is 9.90 Å². The first kappa shape index (κ1) is 15.0. The van der Waals surface area contributed by atoms with Crippen molar-refractivity contribution < 1.29 is 9.90 Å². The van der Waals surface area contributed by atoms with Crippen LogP contribution in [0.15, 0.2) is 30.3 Å². The first-order valence-corrected chi connectivity index (χ1v) is 7.74. The Labute approximate surface area is 121 Å². The molecule has 3 heteroatoms. The Balaban J connectivity index is 1.86. The quantitative estimate of drug-likeness (QED) is 0.811. The molecule has 0 aromatic heterocycles. The summed E-state index contributed by atoms with van der Waals surface area (Å²) >= 11 is 0. The minimum Gasteiger partial charge on any atom is -0.394 e. The molecule has 1 atom stereocenters. The Bertz CT molecular complexity index is 397. The van der Waals surface area contributed by atoms with Crippen LogP contribution in [0.2, 0.25) is 0 Å². The normalized spacial score (nSPS) is 18.2. The predicted molar refractivity (Wildman–Crippen MR) is 80.2 cm³/mol. The molecule has 1 fully saturated rings. The monoisotopic (exact) mass is 275 g/mol. The van der Waals surface area contributed by atoms with Crippen LogP contribution >= 0.6 is 0 Å². The van der Waals surface area contributed by atoms with Gasteiger partial charge in [-0.15, -0.1) is 0 Å². The van der Waals surface area contributed by atoms with Crippen LogP contribution in [-0.4, -0.2) is 17.6 Å². The van der Waals surface area contributed by atoms with E-state index in [0.29, 0.717) is 12.3 Å². The van der Waals surface area contributed by atoms with Crippen LogP contribution in [0.4, 0.5) is 0 Å². The lowest BCUT2D eigenvalue weighted by Crippen LogP contribution is -2.32. The summed E-state index contributed by atoms with van der Waals surface area (Å²) in [5, 5.41) is 12.4. The molecule has 0 aliphatic heterocycles. The summed E-state index contributed by atoms with van der Waals surface area (Å²) < 4.78 is 0. The topological polar surface area (TPSA) is 49.3 Å². The third-order valence-corrected chi connectivity index (χ3v) is 4.17. The first-order chi connectivity index (χ1) is 9.79. The van der Waals surface area contributed by atoms with Crippen LogP contribution < -0.4 is 5.32 Å². The fourth-order valence-corrected chi connectivity index (χ4v) is 3.00. The van der Waals surface area contributed by atoms with Crippen LogP contribution in [0.5, 0.6) is 0 Å². The molecule has 0 spiro atoms. The summed E-state index contributed by atoms with van der Waals surface area (Å²) in [6.07, 6.45) is 8.05. The van der Waals surface area contributed by atoms with Crippen molar-refractivity contribution in [2.24, 2.45) is 5.92 Å². The van der Waals surface area contributed by atoms with Gasteiger partial charge in [-0.2, -0.15) is 0 Å². The first-order valence-electron chi connectivity index (χ1n) is 7.74. The highest BCUT2D eigenvalue weighted by molar-refractivity contribution is 5.76. The Kier molecular flexibility index (Phi) is 6.06. The second kappa shape index (κ2) is 8.05. The maximum Gasteiger partial charge on any atom is 0.220 e. The van der Waals surface area contributed by atoms with Crippen LogP contribution in [0.3, 0.4) is 0 Å². The summed E-state index contributed by atoms with van der Waals surface area (Å²) in [4.78, 5) is 12.1. The second-order valence-corrected chi connectivity index (χ2v) is 5.78. The maximum atomic E-state index is 12.1. The zero-order chi connectivity index (χ0) is 14.2. The average molecular weight is 275 g/mol. The van der Waals surface area contributed by atoms with Crippen molar-refractivity contribution in [1.82, 2.24) is 5.32 Å². The van der Waals surface area contributed by atoms with Gasteiger partial charge in [0.2, 0.25) is 5.91 Å². The largest absolute Gasteiger partial charge is 0.394 e. The molecule has 20 heavy (non-hydrogen) atoms. The average Bonchev–Trinajstić information content (AvgIpc) is 2.74. The molecule has 1 aromatic carbocycles. The van der Waals surface area contributed by atoms with E-state index in [-0.39, 0.29) is 18.6 Å². The van der Waals surface area contributed by atoms with Crippen LogP contribution in [0.1, 0.15) is 56.6 Å². The number of aliphatic hydroxyl groups excluding tert-OH is 1. The zero-order valence-corrected chi connectivity index (χ0v) is 12.1. The smallest absolute Gasteiger partial charge is 0.220 e. The van der Waals surface area contributed by atoms with E-state index < -0.39 is 0 Å². The van der Waals surface area contributed by atoms with Crippen LogP contribution in [0.25, 0.3) is 0 Å². The highest BCUT2D eigenvalue weighted by Crippen LogP contribution is 2.25. The number of hydrogen-bond donors (Lipinski definition) is 2. The minimum atomic E-state index is -0.283. The van der Waals surface area contributed by atoms with E-state index in [4.69, 9.17) is 0 Å². The van der Waals surface area contributed by atoms with Gasteiger partial charge < -0.3 is 10.4 Å². The van der Waals surface area contributed by atoms with E-state index >= 15 is 0 Å². The molecule has 0 heterocycles. The third kappa shape index (κ3) is 4.64. The van der Waals surface area contributed by atoms with Crippen LogP contribution in [0, 0.1) is 5.92 Å². The molecule has 1 aliphatic rings. The Hall–Kier alpha value is -1.35. The second-order valence-electron chi connectivity index (χ2n) is 5.78. The van der Waals surface area contributed by atoms with Gasteiger partial charge in [-0.25, -0.2) is 0 Å². The highest BCUT2D eigenvalue weighted by atomic mass is 16.3. The number of carbonyl (C=O) groups is 1. The molecule has 3 nitrogen and oxygen atoms in total. The number of carbonyl (C=O) groups excluding carboxylic acids is 1. The van der Waals surface area contributed by atoms with Crippen molar-refractivity contribution >= 4 is 5.91 Å². The summed E-state index contributed by atoms with van der Waals surface area (Å²) in [5.41, 5.74) is 0.962. The minimum absolute atomic E-state index is 0.0551. The molecular weight excluding hydrogens is 250 g/mol. The Morgan fingerprint density at radius 1 is 1.15 bits per heavy atom. The summed E-state index contributed by atoms with van der Waals surface area (Å²) in [6, 6.07) is 9.38. The molecule has 0 unspecified atom stereocenters. The van der Waals surface area contributed by atoms with Gasteiger partial charge in [-0.1, -0.05) is 56.0 Å². The summed E-state index contributed by atoms with van der Waals surface area (Å²) in [5.74, 6) is 0.590. The lowest BCUT2D eigenvalue weighted by molar-refractivity contribution is -0.123. The Morgan fingerprint density at radius 2 is 1.80 bits per heavy atom. The van der Waals surface area contributed by atoms with Crippen molar-refractivity contribution in [3.63, 3.8) is 0 Å². The van der Waals surface area contributed by atoms with Gasteiger partial charge in [0.1, 0.15) is 0 Å². The molecule has 2 N–H and O–H groups in total. The van der Waals surface area contributed by atoms with E-state index in [0.717, 1.165) is 5.56 Å². The van der Waals surface area contributed by atoms with Gasteiger partial charge in [0, 0.05) is 6.42 Å². The van der Waals surface area contributed by atoms with Gasteiger partial charge in [0.25, 0.3) is 0 Å². The zero-order valence-electron chi connectivity index (χ0n) is 12.1.